The van der Waals surface area contributed by atoms with Gasteiger partial charge < -0.3 is 19.5 Å². The first-order valence-corrected chi connectivity index (χ1v) is 14.7. The molecule has 0 atom stereocenters. The van der Waals surface area contributed by atoms with E-state index in [9.17, 15) is 4.79 Å². The van der Waals surface area contributed by atoms with Gasteiger partial charge in [-0.2, -0.15) is 16.3 Å². The fourth-order valence-corrected chi connectivity index (χ4v) is 5.74. The number of rotatable bonds is 7. The lowest BCUT2D eigenvalue weighted by Crippen LogP contribution is -2.43. The van der Waals surface area contributed by atoms with Crippen LogP contribution in [0.3, 0.4) is 0 Å². The monoisotopic (exact) mass is 566 g/mol. The van der Waals surface area contributed by atoms with Gasteiger partial charge in [-0.05, 0) is 79.4 Å². The van der Waals surface area contributed by atoms with E-state index >= 15 is 0 Å². The maximum Gasteiger partial charge on any atom is 0.255 e. The first-order chi connectivity index (χ1) is 19.8. The quantitative estimate of drug-likeness (QED) is 0.256. The SMILES string of the molecule is Cc1cc(NC(=O)c2ccc(C)c(Oc3nc(-c4ccsc4)nc4ccn(C)c34)c2)ccc1CN1CCN(C)CC1. The number of aromatic nitrogens is 3. The number of carbonyl (C=O) groups excluding carboxylic acids is 1. The summed E-state index contributed by atoms with van der Waals surface area (Å²) in [5.41, 5.74) is 7.20. The summed E-state index contributed by atoms with van der Waals surface area (Å²) in [7, 11) is 4.11. The Labute approximate surface area is 244 Å². The zero-order valence-corrected chi connectivity index (χ0v) is 24.7. The molecule has 0 aliphatic carbocycles. The van der Waals surface area contributed by atoms with Gasteiger partial charge in [0.15, 0.2) is 5.82 Å². The van der Waals surface area contributed by atoms with E-state index in [2.05, 4.69) is 35.2 Å². The molecule has 5 aromatic rings. The summed E-state index contributed by atoms with van der Waals surface area (Å²) >= 11 is 1.60. The Kier molecular flexibility index (Phi) is 7.57. The zero-order chi connectivity index (χ0) is 28.5. The summed E-state index contributed by atoms with van der Waals surface area (Å²) < 4.78 is 8.35. The number of ether oxygens (including phenoxy) is 1. The van der Waals surface area contributed by atoms with Crippen LogP contribution >= 0.6 is 11.3 Å². The van der Waals surface area contributed by atoms with Gasteiger partial charge in [0, 0.05) is 68.2 Å². The van der Waals surface area contributed by atoms with Crippen LogP contribution in [0.15, 0.2) is 65.5 Å². The maximum atomic E-state index is 13.3. The van der Waals surface area contributed by atoms with Crippen molar-refractivity contribution < 1.29 is 9.53 Å². The summed E-state index contributed by atoms with van der Waals surface area (Å²) in [5.74, 6) is 1.45. The molecular formula is C32H34N6O2S. The van der Waals surface area contributed by atoms with Crippen molar-refractivity contribution in [2.75, 3.05) is 38.5 Å². The number of nitrogens with zero attached hydrogens (tertiary/aromatic N) is 5. The van der Waals surface area contributed by atoms with E-state index in [1.165, 1.54) is 11.1 Å². The third-order valence-corrected chi connectivity index (χ3v) is 8.40. The number of anilines is 1. The molecule has 1 aliphatic heterocycles. The average molecular weight is 567 g/mol. The first kappa shape index (κ1) is 27.1. The average Bonchev–Trinajstić information content (AvgIpc) is 3.63. The highest BCUT2D eigenvalue weighted by Gasteiger charge is 2.18. The molecule has 9 heteroatoms. The second-order valence-electron chi connectivity index (χ2n) is 10.8. The van der Waals surface area contributed by atoms with Crippen LogP contribution in [-0.2, 0) is 13.6 Å². The molecule has 1 saturated heterocycles. The van der Waals surface area contributed by atoms with E-state index in [-0.39, 0.29) is 5.91 Å². The molecule has 0 bridgehead atoms. The van der Waals surface area contributed by atoms with Crippen LogP contribution in [0.1, 0.15) is 27.0 Å². The fraction of sp³-hybridized carbons (Fsp3) is 0.281. The van der Waals surface area contributed by atoms with E-state index in [4.69, 9.17) is 14.7 Å². The lowest BCUT2D eigenvalue weighted by molar-refractivity contribution is 0.102. The van der Waals surface area contributed by atoms with Gasteiger partial charge in [-0.25, -0.2) is 4.98 Å². The summed E-state index contributed by atoms with van der Waals surface area (Å²) in [4.78, 5) is 27.6. The van der Waals surface area contributed by atoms with Gasteiger partial charge in [-0.15, -0.1) is 0 Å². The van der Waals surface area contributed by atoms with Gasteiger partial charge in [0.05, 0.1) is 5.52 Å². The molecule has 0 radical (unpaired) electrons. The number of hydrogen-bond acceptors (Lipinski definition) is 7. The molecular weight excluding hydrogens is 532 g/mol. The van der Waals surface area contributed by atoms with Crippen molar-refractivity contribution in [3.8, 4) is 23.0 Å². The third-order valence-electron chi connectivity index (χ3n) is 7.71. The molecule has 1 fully saturated rings. The van der Waals surface area contributed by atoms with Gasteiger partial charge in [-0.3, -0.25) is 9.69 Å². The summed E-state index contributed by atoms with van der Waals surface area (Å²) in [6, 6.07) is 15.6. The Morgan fingerprint density at radius 2 is 1.80 bits per heavy atom. The fourth-order valence-electron chi connectivity index (χ4n) is 5.10. The number of likely N-dealkylation sites (N-methyl/N-ethyl adjacent to an activating group) is 1. The second kappa shape index (κ2) is 11.4. The largest absolute Gasteiger partial charge is 0.437 e. The van der Waals surface area contributed by atoms with Gasteiger partial charge >= 0.3 is 0 Å². The molecule has 4 heterocycles. The smallest absolute Gasteiger partial charge is 0.255 e. The van der Waals surface area contributed by atoms with Crippen molar-refractivity contribution in [3.63, 3.8) is 0 Å². The van der Waals surface area contributed by atoms with Gasteiger partial charge in [0.25, 0.3) is 5.91 Å². The van der Waals surface area contributed by atoms with Crippen LogP contribution in [0.5, 0.6) is 11.6 Å². The number of benzene rings is 2. The lowest BCUT2D eigenvalue weighted by Gasteiger charge is -2.32. The molecule has 210 valence electrons. The Morgan fingerprint density at radius 1 is 0.976 bits per heavy atom. The van der Waals surface area contributed by atoms with Crippen molar-refractivity contribution in [2.45, 2.75) is 20.4 Å². The number of piperazine rings is 1. The first-order valence-electron chi connectivity index (χ1n) is 13.8. The van der Waals surface area contributed by atoms with E-state index in [0.717, 1.165) is 60.6 Å². The van der Waals surface area contributed by atoms with Crippen LogP contribution in [0.4, 0.5) is 5.69 Å². The topological polar surface area (TPSA) is 75.5 Å². The molecule has 8 nitrogen and oxygen atoms in total. The van der Waals surface area contributed by atoms with E-state index in [1.807, 2.05) is 71.9 Å². The number of amides is 1. The number of hydrogen-bond donors (Lipinski definition) is 1. The summed E-state index contributed by atoms with van der Waals surface area (Å²) in [6.45, 7) is 9.34. The lowest BCUT2D eigenvalue weighted by atomic mass is 10.1. The standard InChI is InChI=1S/C32H34N6O2S/c1-21-5-6-23(31(39)33-26-8-7-24(22(2)17-26)19-38-14-12-36(3)13-15-38)18-28(21)40-32-29-27(9-11-37(29)4)34-30(35-32)25-10-16-41-20-25/h5-11,16-18,20H,12-15,19H2,1-4H3,(H,33,39). The highest BCUT2D eigenvalue weighted by Crippen LogP contribution is 2.33. The van der Waals surface area contributed by atoms with E-state index in [1.54, 1.807) is 17.4 Å². The molecule has 2 aromatic carbocycles. The molecule has 3 aromatic heterocycles. The van der Waals surface area contributed by atoms with Crippen LogP contribution < -0.4 is 10.1 Å². The number of aryl methyl sites for hydroxylation is 3. The van der Waals surface area contributed by atoms with Crippen molar-refractivity contribution in [2.24, 2.45) is 7.05 Å². The molecule has 1 aliphatic rings. The van der Waals surface area contributed by atoms with Gasteiger partial charge in [0.2, 0.25) is 5.88 Å². The van der Waals surface area contributed by atoms with Crippen LogP contribution in [0.2, 0.25) is 0 Å². The normalized spacial score (nSPS) is 14.4. The predicted octanol–water partition coefficient (Wildman–Crippen LogP) is 6.11. The minimum atomic E-state index is -0.188. The van der Waals surface area contributed by atoms with Gasteiger partial charge in [-0.1, -0.05) is 12.1 Å². The third kappa shape index (κ3) is 5.88. The van der Waals surface area contributed by atoms with E-state index in [0.29, 0.717) is 23.0 Å². The number of thiophene rings is 1. The molecule has 1 N–H and O–H groups in total. The Hall–Kier alpha value is -4.05. The highest BCUT2D eigenvalue weighted by atomic mass is 32.1. The molecule has 6 rings (SSSR count). The second-order valence-corrected chi connectivity index (χ2v) is 11.6. The Balaban J connectivity index is 1.21. The Bertz CT molecular complexity index is 1700. The molecule has 0 spiro atoms. The van der Waals surface area contributed by atoms with Crippen molar-refractivity contribution >= 4 is 34.0 Å². The molecule has 1 amide bonds. The van der Waals surface area contributed by atoms with Crippen LogP contribution in [0.25, 0.3) is 22.4 Å². The molecule has 0 saturated carbocycles. The van der Waals surface area contributed by atoms with Crippen molar-refractivity contribution in [1.82, 2.24) is 24.3 Å². The summed E-state index contributed by atoms with van der Waals surface area (Å²) in [5, 5.41) is 7.09. The Morgan fingerprint density at radius 3 is 2.56 bits per heavy atom. The molecule has 0 unspecified atom stereocenters. The van der Waals surface area contributed by atoms with Crippen LogP contribution in [-0.4, -0.2) is 63.5 Å². The zero-order valence-electron chi connectivity index (χ0n) is 23.8. The molecule has 41 heavy (non-hydrogen) atoms. The number of carbonyl (C=O) groups is 1. The van der Waals surface area contributed by atoms with Gasteiger partial charge in [0.1, 0.15) is 11.3 Å². The van der Waals surface area contributed by atoms with E-state index < -0.39 is 0 Å². The maximum absolute atomic E-state index is 13.3. The number of fused-ring (bicyclic) bond motifs is 1. The highest BCUT2D eigenvalue weighted by molar-refractivity contribution is 7.08. The van der Waals surface area contributed by atoms with Crippen LogP contribution in [0, 0.1) is 13.8 Å². The minimum absolute atomic E-state index is 0.188. The predicted molar refractivity (Wildman–Crippen MR) is 165 cm³/mol. The number of nitrogens with one attached hydrogen (secondary N) is 1. The minimum Gasteiger partial charge on any atom is -0.437 e. The van der Waals surface area contributed by atoms with Crippen molar-refractivity contribution in [1.29, 1.82) is 0 Å². The van der Waals surface area contributed by atoms with Crippen molar-refractivity contribution in [3.05, 3.63) is 87.7 Å². The summed E-state index contributed by atoms with van der Waals surface area (Å²) in [6.07, 6.45) is 1.94.